The summed E-state index contributed by atoms with van der Waals surface area (Å²) in [6.07, 6.45) is 9.02. The molecule has 2 N–H and O–H groups in total. The SMILES string of the molecule is CCc1cc(NCC2(O)CCCCCC2)ncn1. The van der Waals surface area contributed by atoms with Crippen molar-refractivity contribution in [1.82, 2.24) is 9.97 Å². The molecule has 2 rings (SSSR count). The summed E-state index contributed by atoms with van der Waals surface area (Å²) in [6, 6.07) is 1.96. The normalized spacial score (nSPS) is 19.2. The van der Waals surface area contributed by atoms with Gasteiger partial charge in [-0.2, -0.15) is 0 Å². The topological polar surface area (TPSA) is 58.0 Å². The molecule has 1 aromatic heterocycles. The third-order valence-corrected chi connectivity index (χ3v) is 3.72. The quantitative estimate of drug-likeness (QED) is 0.805. The summed E-state index contributed by atoms with van der Waals surface area (Å²) in [5.41, 5.74) is 0.466. The van der Waals surface area contributed by atoms with E-state index >= 15 is 0 Å². The number of aliphatic hydroxyl groups is 1. The highest BCUT2D eigenvalue weighted by Gasteiger charge is 2.27. The van der Waals surface area contributed by atoms with Crippen LogP contribution in [0, 0.1) is 0 Å². The van der Waals surface area contributed by atoms with Gasteiger partial charge in [-0.05, 0) is 19.3 Å². The summed E-state index contributed by atoms with van der Waals surface area (Å²) < 4.78 is 0. The van der Waals surface area contributed by atoms with Gasteiger partial charge in [0.1, 0.15) is 12.1 Å². The number of hydrogen-bond acceptors (Lipinski definition) is 4. The molecule has 1 aromatic rings. The fourth-order valence-electron chi connectivity index (χ4n) is 2.51. The molecular formula is C14H23N3O. The van der Waals surface area contributed by atoms with E-state index in [1.807, 2.05) is 6.07 Å². The minimum atomic E-state index is -0.562. The molecule has 1 heterocycles. The highest BCUT2D eigenvalue weighted by Crippen LogP contribution is 2.27. The predicted molar refractivity (Wildman–Crippen MR) is 72.6 cm³/mol. The van der Waals surface area contributed by atoms with Crippen LogP contribution in [0.5, 0.6) is 0 Å². The van der Waals surface area contributed by atoms with Gasteiger partial charge in [-0.3, -0.25) is 0 Å². The van der Waals surface area contributed by atoms with Crippen LogP contribution < -0.4 is 5.32 Å². The van der Waals surface area contributed by atoms with Crippen LogP contribution in [0.4, 0.5) is 5.82 Å². The van der Waals surface area contributed by atoms with Crippen molar-refractivity contribution < 1.29 is 5.11 Å². The highest BCUT2D eigenvalue weighted by molar-refractivity contribution is 5.35. The first-order valence-electron chi connectivity index (χ1n) is 6.99. The van der Waals surface area contributed by atoms with Crippen LogP contribution in [0.2, 0.25) is 0 Å². The van der Waals surface area contributed by atoms with Crippen LogP contribution in [0.1, 0.15) is 51.1 Å². The molecule has 1 aliphatic rings. The molecule has 0 bridgehead atoms. The van der Waals surface area contributed by atoms with Gasteiger partial charge in [0, 0.05) is 18.3 Å². The first kappa shape index (κ1) is 13.3. The van der Waals surface area contributed by atoms with Crippen LogP contribution in [0.15, 0.2) is 12.4 Å². The van der Waals surface area contributed by atoms with Gasteiger partial charge in [0.05, 0.1) is 5.60 Å². The molecule has 0 spiro atoms. The summed E-state index contributed by atoms with van der Waals surface area (Å²) in [4.78, 5) is 8.36. The van der Waals surface area contributed by atoms with Crippen LogP contribution >= 0.6 is 0 Å². The number of nitrogens with one attached hydrogen (secondary N) is 1. The number of nitrogens with zero attached hydrogens (tertiary/aromatic N) is 2. The van der Waals surface area contributed by atoms with Crippen molar-refractivity contribution in [2.24, 2.45) is 0 Å². The minimum Gasteiger partial charge on any atom is -0.388 e. The van der Waals surface area contributed by atoms with E-state index in [0.717, 1.165) is 43.6 Å². The van der Waals surface area contributed by atoms with Gasteiger partial charge in [-0.15, -0.1) is 0 Å². The number of aromatic nitrogens is 2. The first-order valence-corrected chi connectivity index (χ1v) is 6.99. The standard InChI is InChI=1S/C14H23N3O/c1-2-12-9-13(17-11-16-12)15-10-14(18)7-5-3-4-6-8-14/h9,11,18H,2-8,10H2,1H3,(H,15,16,17). The van der Waals surface area contributed by atoms with E-state index in [-0.39, 0.29) is 0 Å². The molecule has 0 saturated heterocycles. The van der Waals surface area contributed by atoms with Gasteiger partial charge in [0.2, 0.25) is 0 Å². The summed E-state index contributed by atoms with van der Waals surface area (Å²) >= 11 is 0. The molecule has 1 fully saturated rings. The Morgan fingerprint density at radius 3 is 2.61 bits per heavy atom. The summed E-state index contributed by atoms with van der Waals surface area (Å²) in [7, 11) is 0. The lowest BCUT2D eigenvalue weighted by atomic mass is 9.94. The van der Waals surface area contributed by atoms with E-state index < -0.39 is 5.60 Å². The average molecular weight is 249 g/mol. The van der Waals surface area contributed by atoms with Crippen molar-refractivity contribution in [3.8, 4) is 0 Å². The molecule has 4 nitrogen and oxygen atoms in total. The van der Waals surface area contributed by atoms with E-state index in [1.165, 1.54) is 12.8 Å². The molecule has 100 valence electrons. The average Bonchev–Trinajstić information content (AvgIpc) is 2.62. The highest BCUT2D eigenvalue weighted by atomic mass is 16.3. The van der Waals surface area contributed by atoms with Crippen molar-refractivity contribution in [3.63, 3.8) is 0 Å². The van der Waals surface area contributed by atoms with Gasteiger partial charge in [0.15, 0.2) is 0 Å². The van der Waals surface area contributed by atoms with Gasteiger partial charge in [0.25, 0.3) is 0 Å². The lowest BCUT2D eigenvalue weighted by molar-refractivity contribution is 0.0380. The van der Waals surface area contributed by atoms with Gasteiger partial charge in [-0.25, -0.2) is 9.97 Å². The van der Waals surface area contributed by atoms with Crippen molar-refractivity contribution >= 4 is 5.82 Å². The molecule has 0 atom stereocenters. The fourth-order valence-corrected chi connectivity index (χ4v) is 2.51. The molecule has 1 aliphatic carbocycles. The first-order chi connectivity index (χ1) is 8.72. The van der Waals surface area contributed by atoms with E-state index in [9.17, 15) is 5.11 Å². The van der Waals surface area contributed by atoms with Crippen molar-refractivity contribution in [2.45, 2.75) is 57.5 Å². The zero-order valence-electron chi connectivity index (χ0n) is 11.2. The maximum absolute atomic E-state index is 10.5. The summed E-state index contributed by atoms with van der Waals surface area (Å²) in [5, 5.41) is 13.8. The number of rotatable bonds is 4. The minimum absolute atomic E-state index is 0.562. The number of hydrogen-bond donors (Lipinski definition) is 2. The molecule has 0 radical (unpaired) electrons. The zero-order chi connectivity index (χ0) is 12.8. The van der Waals surface area contributed by atoms with Gasteiger partial charge < -0.3 is 10.4 Å². The third kappa shape index (κ3) is 3.67. The second-order valence-electron chi connectivity index (χ2n) is 5.24. The molecule has 0 unspecified atom stereocenters. The largest absolute Gasteiger partial charge is 0.388 e. The molecule has 18 heavy (non-hydrogen) atoms. The van der Waals surface area contributed by atoms with E-state index in [1.54, 1.807) is 6.33 Å². The molecule has 0 aliphatic heterocycles. The monoisotopic (exact) mass is 249 g/mol. The molecule has 4 heteroatoms. The second kappa shape index (κ2) is 6.14. The molecular weight excluding hydrogens is 226 g/mol. The van der Waals surface area contributed by atoms with Crippen LogP contribution in [-0.4, -0.2) is 27.2 Å². The van der Waals surface area contributed by atoms with Crippen LogP contribution in [-0.2, 0) is 6.42 Å². The predicted octanol–water partition coefficient (Wildman–Crippen LogP) is 2.54. The van der Waals surface area contributed by atoms with Crippen molar-refractivity contribution in [1.29, 1.82) is 0 Å². The second-order valence-corrected chi connectivity index (χ2v) is 5.24. The van der Waals surface area contributed by atoms with Gasteiger partial charge in [-0.1, -0.05) is 32.6 Å². The summed E-state index contributed by atoms with van der Waals surface area (Å²) in [5.74, 6) is 0.819. The Bertz CT molecular complexity index is 373. The van der Waals surface area contributed by atoms with E-state index in [4.69, 9.17) is 0 Å². The van der Waals surface area contributed by atoms with Crippen molar-refractivity contribution in [2.75, 3.05) is 11.9 Å². The Balaban J connectivity index is 1.92. The summed E-state index contributed by atoms with van der Waals surface area (Å²) in [6.45, 7) is 2.66. The number of anilines is 1. The van der Waals surface area contributed by atoms with E-state index in [2.05, 4.69) is 22.2 Å². The molecule has 0 amide bonds. The van der Waals surface area contributed by atoms with Crippen LogP contribution in [0.25, 0.3) is 0 Å². The maximum Gasteiger partial charge on any atom is 0.129 e. The van der Waals surface area contributed by atoms with Gasteiger partial charge >= 0.3 is 0 Å². The smallest absolute Gasteiger partial charge is 0.129 e. The maximum atomic E-state index is 10.5. The lowest BCUT2D eigenvalue weighted by Gasteiger charge is -2.27. The fraction of sp³-hybridized carbons (Fsp3) is 0.714. The Morgan fingerprint density at radius 1 is 1.22 bits per heavy atom. The Labute approximate surface area is 109 Å². The third-order valence-electron chi connectivity index (χ3n) is 3.72. The molecule has 1 saturated carbocycles. The zero-order valence-corrected chi connectivity index (χ0v) is 11.2. The lowest BCUT2D eigenvalue weighted by Crippen LogP contribution is -2.36. The van der Waals surface area contributed by atoms with Crippen molar-refractivity contribution in [3.05, 3.63) is 18.1 Å². The number of aryl methyl sites for hydroxylation is 1. The molecule has 0 aromatic carbocycles. The Hall–Kier alpha value is -1.16. The van der Waals surface area contributed by atoms with Crippen LogP contribution in [0.3, 0.4) is 0 Å². The Kier molecular flexibility index (Phi) is 4.53. The van der Waals surface area contributed by atoms with E-state index in [0.29, 0.717) is 6.54 Å². The Morgan fingerprint density at radius 2 is 1.94 bits per heavy atom.